The SMILES string of the molecule is COc1ccc(-c2ccc(C=O)nn2)c(C)c1C. The molecule has 1 heterocycles. The summed E-state index contributed by atoms with van der Waals surface area (Å²) in [6.07, 6.45) is 0.683. The molecule has 4 heteroatoms. The summed E-state index contributed by atoms with van der Waals surface area (Å²) in [5.74, 6) is 0.855. The first kappa shape index (κ1) is 12.2. The van der Waals surface area contributed by atoms with E-state index in [0.717, 1.165) is 28.1 Å². The van der Waals surface area contributed by atoms with Gasteiger partial charge in [-0.05, 0) is 49.2 Å². The molecule has 0 radical (unpaired) electrons. The van der Waals surface area contributed by atoms with Crippen molar-refractivity contribution < 1.29 is 9.53 Å². The predicted octanol–water partition coefficient (Wildman–Crippen LogP) is 2.58. The molecule has 4 nitrogen and oxygen atoms in total. The molecule has 0 N–H and O–H groups in total. The number of aldehydes is 1. The van der Waals surface area contributed by atoms with Crippen molar-refractivity contribution in [1.82, 2.24) is 10.2 Å². The number of benzene rings is 1. The van der Waals surface area contributed by atoms with Crippen LogP contribution in [0.2, 0.25) is 0 Å². The monoisotopic (exact) mass is 242 g/mol. The van der Waals surface area contributed by atoms with E-state index >= 15 is 0 Å². The molecule has 92 valence electrons. The fraction of sp³-hybridized carbons (Fsp3) is 0.214. The molecular formula is C14H14N2O2. The molecule has 2 rings (SSSR count). The first-order valence-electron chi connectivity index (χ1n) is 5.61. The minimum absolute atomic E-state index is 0.335. The van der Waals surface area contributed by atoms with Crippen LogP contribution in [0.1, 0.15) is 21.6 Å². The van der Waals surface area contributed by atoms with Crippen molar-refractivity contribution in [2.45, 2.75) is 13.8 Å². The highest BCUT2D eigenvalue weighted by Crippen LogP contribution is 2.29. The molecule has 0 spiro atoms. The number of hydrogen-bond acceptors (Lipinski definition) is 4. The summed E-state index contributed by atoms with van der Waals surface area (Å²) in [5.41, 5.74) is 4.27. The van der Waals surface area contributed by atoms with Gasteiger partial charge in [-0.15, -0.1) is 10.2 Å². The van der Waals surface area contributed by atoms with Gasteiger partial charge in [0, 0.05) is 5.56 Å². The molecule has 0 aliphatic rings. The lowest BCUT2D eigenvalue weighted by Gasteiger charge is -2.11. The van der Waals surface area contributed by atoms with Crippen LogP contribution < -0.4 is 4.74 Å². The van der Waals surface area contributed by atoms with Gasteiger partial charge in [0.15, 0.2) is 6.29 Å². The zero-order chi connectivity index (χ0) is 13.1. The lowest BCUT2D eigenvalue weighted by Crippen LogP contribution is -1.97. The molecule has 0 bridgehead atoms. The fourth-order valence-electron chi connectivity index (χ4n) is 1.84. The highest BCUT2D eigenvalue weighted by atomic mass is 16.5. The zero-order valence-electron chi connectivity index (χ0n) is 10.6. The first-order valence-corrected chi connectivity index (χ1v) is 5.61. The van der Waals surface area contributed by atoms with Gasteiger partial charge in [-0.2, -0.15) is 0 Å². The number of rotatable bonds is 3. The van der Waals surface area contributed by atoms with Gasteiger partial charge in [0.2, 0.25) is 0 Å². The van der Waals surface area contributed by atoms with Gasteiger partial charge in [0.05, 0.1) is 12.8 Å². The third-order valence-electron chi connectivity index (χ3n) is 3.04. The predicted molar refractivity (Wildman–Crippen MR) is 68.9 cm³/mol. The Hall–Kier alpha value is -2.23. The lowest BCUT2D eigenvalue weighted by atomic mass is 10.00. The van der Waals surface area contributed by atoms with Crippen molar-refractivity contribution in [3.63, 3.8) is 0 Å². The first-order chi connectivity index (χ1) is 8.67. The lowest BCUT2D eigenvalue weighted by molar-refractivity contribution is 0.111. The van der Waals surface area contributed by atoms with Crippen LogP contribution in [0.3, 0.4) is 0 Å². The number of hydrogen-bond donors (Lipinski definition) is 0. The molecule has 2 aromatic rings. The van der Waals surface area contributed by atoms with Crippen molar-refractivity contribution in [3.8, 4) is 17.0 Å². The van der Waals surface area contributed by atoms with Gasteiger partial charge in [0.25, 0.3) is 0 Å². The van der Waals surface area contributed by atoms with Crippen LogP contribution >= 0.6 is 0 Å². The molecule has 0 unspecified atom stereocenters. The van der Waals surface area contributed by atoms with Crippen molar-refractivity contribution in [2.24, 2.45) is 0 Å². The van der Waals surface area contributed by atoms with E-state index in [9.17, 15) is 4.79 Å². The number of aromatic nitrogens is 2. The van der Waals surface area contributed by atoms with Crippen molar-refractivity contribution >= 4 is 6.29 Å². The van der Waals surface area contributed by atoms with Crippen molar-refractivity contribution in [1.29, 1.82) is 0 Å². The maximum atomic E-state index is 10.5. The Bertz CT molecular complexity index is 577. The minimum atomic E-state index is 0.335. The summed E-state index contributed by atoms with van der Waals surface area (Å²) in [5, 5.41) is 7.89. The van der Waals surface area contributed by atoms with Crippen molar-refractivity contribution in [2.75, 3.05) is 7.11 Å². The Labute approximate surface area is 106 Å². The van der Waals surface area contributed by atoms with Gasteiger partial charge < -0.3 is 4.74 Å². The van der Waals surface area contributed by atoms with E-state index in [4.69, 9.17) is 4.74 Å². The average Bonchev–Trinajstić information content (AvgIpc) is 2.42. The maximum absolute atomic E-state index is 10.5. The van der Waals surface area contributed by atoms with Crippen LogP contribution in [0, 0.1) is 13.8 Å². The van der Waals surface area contributed by atoms with E-state index in [1.165, 1.54) is 0 Å². The Balaban J connectivity index is 2.50. The molecule has 0 saturated carbocycles. The summed E-state index contributed by atoms with van der Waals surface area (Å²) < 4.78 is 5.27. The quantitative estimate of drug-likeness (QED) is 0.776. The molecule has 0 atom stereocenters. The average molecular weight is 242 g/mol. The third kappa shape index (κ3) is 2.09. The Morgan fingerprint density at radius 2 is 1.83 bits per heavy atom. The molecule has 0 amide bonds. The van der Waals surface area contributed by atoms with Gasteiger partial charge in [-0.1, -0.05) is 0 Å². The number of carbonyl (C=O) groups excluding carboxylic acids is 1. The van der Waals surface area contributed by atoms with E-state index < -0.39 is 0 Å². The third-order valence-corrected chi connectivity index (χ3v) is 3.04. The van der Waals surface area contributed by atoms with Gasteiger partial charge in [-0.3, -0.25) is 4.79 Å². The highest BCUT2D eigenvalue weighted by molar-refractivity contribution is 5.73. The fourth-order valence-corrected chi connectivity index (χ4v) is 1.84. The molecule has 1 aromatic heterocycles. The Morgan fingerprint density at radius 1 is 1.06 bits per heavy atom. The van der Waals surface area contributed by atoms with Crippen LogP contribution in [0.25, 0.3) is 11.3 Å². The van der Waals surface area contributed by atoms with Gasteiger partial charge in [0.1, 0.15) is 11.4 Å². The molecule has 18 heavy (non-hydrogen) atoms. The van der Waals surface area contributed by atoms with E-state index in [1.807, 2.05) is 26.0 Å². The minimum Gasteiger partial charge on any atom is -0.496 e. The molecular weight excluding hydrogens is 228 g/mol. The number of nitrogens with zero attached hydrogens (tertiary/aromatic N) is 2. The van der Waals surface area contributed by atoms with E-state index in [1.54, 1.807) is 19.2 Å². The second-order valence-electron chi connectivity index (χ2n) is 4.03. The zero-order valence-corrected chi connectivity index (χ0v) is 10.6. The number of ether oxygens (including phenoxy) is 1. The van der Waals surface area contributed by atoms with E-state index in [-0.39, 0.29) is 0 Å². The molecule has 0 aliphatic carbocycles. The normalized spacial score (nSPS) is 10.2. The molecule has 1 aromatic carbocycles. The standard InChI is InChI=1S/C14H14N2O2/c1-9-10(2)14(18-3)7-5-12(9)13-6-4-11(8-17)15-16-13/h4-8H,1-3H3. The number of carbonyl (C=O) groups is 1. The van der Waals surface area contributed by atoms with Crippen LogP contribution in [0.5, 0.6) is 5.75 Å². The Kier molecular flexibility index (Phi) is 3.37. The van der Waals surface area contributed by atoms with E-state index in [0.29, 0.717) is 12.0 Å². The number of methoxy groups -OCH3 is 1. The molecule has 0 saturated heterocycles. The van der Waals surface area contributed by atoms with Crippen LogP contribution in [-0.4, -0.2) is 23.6 Å². The molecule has 0 aliphatic heterocycles. The second-order valence-corrected chi connectivity index (χ2v) is 4.03. The summed E-state index contributed by atoms with van der Waals surface area (Å²) in [6.45, 7) is 4.02. The van der Waals surface area contributed by atoms with E-state index in [2.05, 4.69) is 10.2 Å². The summed E-state index contributed by atoms with van der Waals surface area (Å²) >= 11 is 0. The topological polar surface area (TPSA) is 52.1 Å². The second kappa shape index (κ2) is 4.96. The molecule has 0 fully saturated rings. The van der Waals surface area contributed by atoms with Gasteiger partial charge >= 0.3 is 0 Å². The van der Waals surface area contributed by atoms with Crippen LogP contribution in [0.15, 0.2) is 24.3 Å². The van der Waals surface area contributed by atoms with Gasteiger partial charge in [-0.25, -0.2) is 0 Å². The van der Waals surface area contributed by atoms with Crippen LogP contribution in [-0.2, 0) is 0 Å². The maximum Gasteiger partial charge on any atom is 0.170 e. The summed E-state index contributed by atoms with van der Waals surface area (Å²) in [4.78, 5) is 10.5. The van der Waals surface area contributed by atoms with Crippen LogP contribution in [0.4, 0.5) is 0 Å². The largest absolute Gasteiger partial charge is 0.496 e. The summed E-state index contributed by atoms with van der Waals surface area (Å²) in [7, 11) is 1.65. The smallest absolute Gasteiger partial charge is 0.170 e. The Morgan fingerprint density at radius 3 is 2.39 bits per heavy atom. The summed E-state index contributed by atoms with van der Waals surface area (Å²) in [6, 6.07) is 7.32. The highest BCUT2D eigenvalue weighted by Gasteiger charge is 2.09. The van der Waals surface area contributed by atoms with Crippen molar-refractivity contribution in [3.05, 3.63) is 41.1 Å².